The minimum atomic E-state index is -0.170. The highest BCUT2D eigenvalue weighted by Crippen LogP contribution is 2.39. The second-order valence-electron chi connectivity index (χ2n) is 7.33. The van der Waals surface area contributed by atoms with Crippen LogP contribution in [0.4, 0.5) is 5.13 Å². The minimum absolute atomic E-state index is 0. The minimum Gasteiger partial charge on any atom is -0.493 e. The number of aromatic nitrogens is 1. The van der Waals surface area contributed by atoms with Gasteiger partial charge in [0.25, 0.3) is 5.91 Å². The van der Waals surface area contributed by atoms with Gasteiger partial charge in [-0.3, -0.25) is 9.69 Å². The van der Waals surface area contributed by atoms with Crippen LogP contribution in [-0.4, -0.2) is 64.3 Å². The lowest BCUT2D eigenvalue weighted by atomic mass is 10.1. The summed E-state index contributed by atoms with van der Waals surface area (Å²) in [7, 11) is 8.57. The van der Waals surface area contributed by atoms with Gasteiger partial charge in [-0.1, -0.05) is 24.3 Å². The van der Waals surface area contributed by atoms with Gasteiger partial charge < -0.3 is 19.1 Å². The molecule has 0 N–H and O–H groups in total. The van der Waals surface area contributed by atoms with Crippen molar-refractivity contribution < 1.29 is 19.0 Å². The summed E-state index contributed by atoms with van der Waals surface area (Å²) in [5.41, 5.74) is 2.59. The van der Waals surface area contributed by atoms with Crippen LogP contribution in [0.25, 0.3) is 10.2 Å². The Balaban J connectivity index is 0.00000363. The number of hydrogen-bond donors (Lipinski definition) is 0. The Morgan fingerprint density at radius 3 is 2.19 bits per heavy atom. The van der Waals surface area contributed by atoms with E-state index in [0.29, 0.717) is 41.0 Å². The van der Waals surface area contributed by atoms with Gasteiger partial charge in [-0.15, -0.1) is 12.4 Å². The number of nitrogens with zero attached hydrogens (tertiary/aromatic N) is 3. The van der Waals surface area contributed by atoms with E-state index < -0.39 is 0 Å². The van der Waals surface area contributed by atoms with Crippen molar-refractivity contribution in [1.82, 2.24) is 9.88 Å². The second-order valence-corrected chi connectivity index (χ2v) is 8.34. The second kappa shape index (κ2) is 11.4. The van der Waals surface area contributed by atoms with E-state index in [1.165, 1.54) is 38.2 Å². The molecule has 0 aliphatic carbocycles. The van der Waals surface area contributed by atoms with Crippen molar-refractivity contribution in [2.45, 2.75) is 13.3 Å². The molecule has 7 nitrogen and oxygen atoms in total. The Morgan fingerprint density at radius 2 is 1.66 bits per heavy atom. The first-order valence-electron chi connectivity index (χ1n) is 10.1. The van der Waals surface area contributed by atoms with Crippen molar-refractivity contribution in [3.8, 4) is 17.2 Å². The Morgan fingerprint density at radius 1 is 1.00 bits per heavy atom. The van der Waals surface area contributed by atoms with Crippen LogP contribution >= 0.6 is 23.7 Å². The molecule has 0 spiro atoms. The summed E-state index contributed by atoms with van der Waals surface area (Å²) in [5.74, 6) is 1.16. The van der Waals surface area contributed by atoms with Crippen LogP contribution in [0.1, 0.15) is 22.8 Å². The number of halogens is 1. The first-order chi connectivity index (χ1) is 14.9. The van der Waals surface area contributed by atoms with Crippen molar-refractivity contribution in [1.29, 1.82) is 0 Å². The molecule has 174 valence electrons. The van der Waals surface area contributed by atoms with E-state index in [2.05, 4.69) is 19.1 Å². The number of benzene rings is 2. The van der Waals surface area contributed by atoms with E-state index in [0.717, 1.165) is 16.6 Å². The third-order valence-electron chi connectivity index (χ3n) is 5.01. The molecule has 0 aliphatic rings. The molecule has 0 saturated carbocycles. The van der Waals surface area contributed by atoms with Gasteiger partial charge in [0.05, 0.1) is 31.5 Å². The van der Waals surface area contributed by atoms with Gasteiger partial charge in [-0.2, -0.15) is 0 Å². The van der Waals surface area contributed by atoms with Crippen LogP contribution in [0.3, 0.4) is 0 Å². The summed E-state index contributed by atoms with van der Waals surface area (Å²) in [5, 5.41) is 0.670. The quantitative estimate of drug-likeness (QED) is 0.449. The van der Waals surface area contributed by atoms with E-state index >= 15 is 0 Å². The highest BCUT2D eigenvalue weighted by atomic mass is 35.5. The fourth-order valence-corrected chi connectivity index (χ4v) is 4.29. The number of thiazole rings is 1. The molecule has 3 aromatic rings. The zero-order chi connectivity index (χ0) is 22.5. The van der Waals surface area contributed by atoms with Gasteiger partial charge in [0.1, 0.15) is 0 Å². The molecule has 1 aromatic heterocycles. The molecule has 0 bridgehead atoms. The number of carbonyl (C=O) groups is 1. The predicted molar refractivity (Wildman–Crippen MR) is 133 cm³/mol. The summed E-state index contributed by atoms with van der Waals surface area (Å²) in [6.45, 7) is 3.33. The van der Waals surface area contributed by atoms with E-state index in [4.69, 9.17) is 19.2 Å². The van der Waals surface area contributed by atoms with Crippen LogP contribution in [0.2, 0.25) is 0 Å². The van der Waals surface area contributed by atoms with Gasteiger partial charge in [-0.05, 0) is 50.3 Å². The fraction of sp³-hybridized carbons (Fsp3) is 0.391. The highest BCUT2D eigenvalue weighted by molar-refractivity contribution is 7.22. The molecule has 32 heavy (non-hydrogen) atoms. The molecule has 0 unspecified atom stereocenters. The number of aryl methyl sites for hydroxylation is 1. The number of methoxy groups -OCH3 is 3. The molecular weight excluding hydrogens is 450 g/mol. The molecule has 0 radical (unpaired) electrons. The Kier molecular flexibility index (Phi) is 9.12. The maximum atomic E-state index is 13.6. The molecule has 9 heteroatoms. The Bertz CT molecular complexity index is 1050. The lowest BCUT2D eigenvalue weighted by molar-refractivity contribution is 0.0984. The van der Waals surface area contributed by atoms with Crippen molar-refractivity contribution in [2.75, 3.05) is 53.4 Å². The Labute approximate surface area is 199 Å². The van der Waals surface area contributed by atoms with Crippen molar-refractivity contribution in [3.05, 3.63) is 41.5 Å². The van der Waals surface area contributed by atoms with Gasteiger partial charge >= 0.3 is 0 Å². The maximum absolute atomic E-state index is 13.6. The van der Waals surface area contributed by atoms with E-state index in [1.54, 1.807) is 17.0 Å². The molecule has 1 amide bonds. The predicted octanol–water partition coefficient (Wildman–Crippen LogP) is 4.51. The number of ether oxygens (including phenoxy) is 3. The lowest BCUT2D eigenvalue weighted by Crippen LogP contribution is -2.36. The fourth-order valence-electron chi connectivity index (χ4n) is 3.24. The van der Waals surface area contributed by atoms with Crippen LogP contribution in [-0.2, 0) is 6.42 Å². The van der Waals surface area contributed by atoms with Crippen LogP contribution in [0.5, 0.6) is 17.2 Å². The number of amides is 1. The molecule has 2 aromatic carbocycles. The molecule has 0 saturated heterocycles. The van der Waals surface area contributed by atoms with Crippen molar-refractivity contribution in [3.63, 3.8) is 0 Å². The lowest BCUT2D eigenvalue weighted by Gasteiger charge is -2.23. The van der Waals surface area contributed by atoms with Crippen LogP contribution in [0.15, 0.2) is 30.3 Å². The SMILES string of the molecule is CCc1ccc2nc(N(CCN(C)C)C(=O)c3cc(OC)c(OC)c(OC)c3)sc2c1.Cl. The summed E-state index contributed by atoms with van der Waals surface area (Å²) in [6.07, 6.45) is 0.956. The number of hydrogen-bond acceptors (Lipinski definition) is 7. The summed E-state index contributed by atoms with van der Waals surface area (Å²) >= 11 is 1.53. The van der Waals surface area contributed by atoms with E-state index in [-0.39, 0.29) is 18.3 Å². The zero-order valence-corrected chi connectivity index (χ0v) is 20.9. The van der Waals surface area contributed by atoms with Gasteiger partial charge in [0, 0.05) is 18.7 Å². The first kappa shape index (κ1) is 25.7. The van der Waals surface area contributed by atoms with E-state index in [1.807, 2.05) is 25.1 Å². The number of carbonyl (C=O) groups excluding carboxylic acids is 1. The summed E-state index contributed by atoms with van der Waals surface area (Å²) < 4.78 is 17.3. The summed E-state index contributed by atoms with van der Waals surface area (Å²) in [4.78, 5) is 22.1. The monoisotopic (exact) mass is 479 g/mol. The average Bonchev–Trinajstić information content (AvgIpc) is 3.20. The van der Waals surface area contributed by atoms with Gasteiger partial charge in [0.2, 0.25) is 5.75 Å². The number of rotatable bonds is 9. The van der Waals surface area contributed by atoms with Crippen LogP contribution < -0.4 is 19.1 Å². The van der Waals surface area contributed by atoms with Gasteiger partial charge in [0.15, 0.2) is 16.6 Å². The summed E-state index contributed by atoms with van der Waals surface area (Å²) in [6, 6.07) is 9.59. The number of anilines is 1. The first-order valence-corrected chi connectivity index (χ1v) is 10.9. The maximum Gasteiger partial charge on any atom is 0.260 e. The Hall–Kier alpha value is -2.55. The average molecular weight is 480 g/mol. The normalized spacial score (nSPS) is 10.7. The topological polar surface area (TPSA) is 64.1 Å². The van der Waals surface area contributed by atoms with E-state index in [9.17, 15) is 4.79 Å². The smallest absolute Gasteiger partial charge is 0.260 e. The third-order valence-corrected chi connectivity index (χ3v) is 6.05. The molecule has 0 fully saturated rings. The van der Waals surface area contributed by atoms with Crippen molar-refractivity contribution >= 4 is 45.0 Å². The van der Waals surface area contributed by atoms with Crippen molar-refractivity contribution in [2.24, 2.45) is 0 Å². The standard InChI is InChI=1S/C23H29N3O4S.ClH/c1-7-15-8-9-17-20(12-15)31-23(24-17)26(11-10-25(2)3)22(27)16-13-18(28-4)21(30-6)19(14-16)29-5;/h8-9,12-14H,7,10-11H2,1-6H3;1H. The molecule has 0 atom stereocenters. The largest absolute Gasteiger partial charge is 0.493 e. The zero-order valence-electron chi connectivity index (χ0n) is 19.3. The van der Waals surface area contributed by atoms with Gasteiger partial charge in [-0.25, -0.2) is 4.98 Å². The molecular formula is C23H30ClN3O4S. The van der Waals surface area contributed by atoms with Crippen LogP contribution in [0, 0.1) is 0 Å². The number of fused-ring (bicyclic) bond motifs is 1. The third kappa shape index (κ3) is 5.43. The number of likely N-dealkylation sites (N-methyl/N-ethyl adjacent to an activating group) is 1. The molecule has 3 rings (SSSR count). The molecule has 0 aliphatic heterocycles. The highest BCUT2D eigenvalue weighted by Gasteiger charge is 2.24. The molecule has 1 heterocycles.